The molecule has 2 aromatic rings. The van der Waals surface area contributed by atoms with Crippen molar-refractivity contribution in [2.24, 2.45) is 5.92 Å². The van der Waals surface area contributed by atoms with E-state index in [1.165, 1.54) is 11.2 Å². The maximum absolute atomic E-state index is 13.3. The van der Waals surface area contributed by atoms with E-state index in [0.29, 0.717) is 30.0 Å². The minimum atomic E-state index is -3.68. The summed E-state index contributed by atoms with van der Waals surface area (Å²) in [6.07, 6.45) is 1.53. The first-order chi connectivity index (χ1) is 15.6. The second kappa shape index (κ2) is 9.08. The van der Waals surface area contributed by atoms with Crippen molar-refractivity contribution < 1.29 is 18.0 Å². The lowest BCUT2D eigenvalue weighted by Gasteiger charge is -2.30. The molecule has 4 rings (SSSR count). The minimum Gasteiger partial charge on any atom is -0.326 e. The number of hydrogen-bond acceptors (Lipinski definition) is 4. The number of halogens is 1. The number of rotatable bonds is 4. The van der Waals surface area contributed by atoms with Gasteiger partial charge in [0.25, 0.3) is 0 Å². The number of benzene rings is 2. The van der Waals surface area contributed by atoms with E-state index in [9.17, 15) is 18.0 Å². The summed E-state index contributed by atoms with van der Waals surface area (Å²) in [6.45, 7) is 5.93. The van der Waals surface area contributed by atoms with Crippen LogP contribution in [-0.4, -0.2) is 43.7 Å². The Hall–Kier alpha value is -2.42. The van der Waals surface area contributed by atoms with E-state index in [1.54, 1.807) is 35.2 Å². The van der Waals surface area contributed by atoms with E-state index in [2.05, 4.69) is 5.32 Å². The molecule has 2 aromatic carbocycles. The third-order valence-corrected chi connectivity index (χ3v) is 8.81. The van der Waals surface area contributed by atoms with Gasteiger partial charge in [0.1, 0.15) is 0 Å². The van der Waals surface area contributed by atoms with Crippen molar-refractivity contribution in [2.45, 2.75) is 51.0 Å². The van der Waals surface area contributed by atoms with Gasteiger partial charge >= 0.3 is 0 Å². The molecule has 176 valence electrons. The van der Waals surface area contributed by atoms with Gasteiger partial charge in [0.15, 0.2) is 0 Å². The van der Waals surface area contributed by atoms with Crippen LogP contribution in [0.4, 0.5) is 11.4 Å². The second-order valence-electron chi connectivity index (χ2n) is 8.86. The number of sulfonamides is 1. The highest BCUT2D eigenvalue weighted by molar-refractivity contribution is 7.89. The van der Waals surface area contributed by atoms with E-state index in [0.717, 1.165) is 16.8 Å². The van der Waals surface area contributed by atoms with Gasteiger partial charge in [-0.25, -0.2) is 8.42 Å². The molecule has 1 N–H and O–H groups in total. The molecule has 0 saturated carbocycles. The van der Waals surface area contributed by atoms with Crippen LogP contribution in [0.3, 0.4) is 0 Å². The highest BCUT2D eigenvalue weighted by Crippen LogP contribution is 2.35. The topological polar surface area (TPSA) is 86.8 Å². The molecule has 1 fully saturated rings. The molecule has 9 heteroatoms. The van der Waals surface area contributed by atoms with Crippen molar-refractivity contribution >= 4 is 44.8 Å². The fraction of sp³-hybridized carbons (Fsp3) is 0.417. The summed E-state index contributed by atoms with van der Waals surface area (Å²) < 4.78 is 27.9. The van der Waals surface area contributed by atoms with Crippen LogP contribution >= 0.6 is 11.6 Å². The Morgan fingerprint density at radius 2 is 1.79 bits per heavy atom. The van der Waals surface area contributed by atoms with Crippen LogP contribution in [0.2, 0.25) is 5.02 Å². The summed E-state index contributed by atoms with van der Waals surface area (Å²) in [5.41, 5.74) is 3.21. The number of anilines is 2. The van der Waals surface area contributed by atoms with Crippen LogP contribution < -0.4 is 10.2 Å². The molecule has 2 aliphatic heterocycles. The van der Waals surface area contributed by atoms with E-state index >= 15 is 0 Å². The van der Waals surface area contributed by atoms with Gasteiger partial charge in [-0.05, 0) is 74.6 Å². The average Bonchev–Trinajstić information content (AvgIpc) is 3.11. The molecular formula is C24H28ClN3O4S. The first-order valence-corrected chi connectivity index (χ1v) is 12.9. The molecule has 33 heavy (non-hydrogen) atoms. The Morgan fingerprint density at radius 1 is 1.09 bits per heavy atom. The summed E-state index contributed by atoms with van der Waals surface area (Å²) >= 11 is 6.13. The highest BCUT2D eigenvalue weighted by atomic mass is 35.5. The number of nitrogens with one attached hydrogen (secondary N) is 1. The standard InChI is InChI=1S/C24H28ClN3O4S/c1-15-4-5-20(14-22(15)25)26-24(30)18-8-10-27(11-9-18)33(31,32)21-6-7-23-19(13-21)12-16(2)28(23)17(3)29/h4-7,13-14,16,18H,8-12H2,1-3H3,(H,26,30). The van der Waals surface area contributed by atoms with Crippen molar-refractivity contribution in [1.82, 2.24) is 4.31 Å². The predicted octanol–water partition coefficient (Wildman–Crippen LogP) is 3.99. The Kier molecular flexibility index (Phi) is 6.53. The minimum absolute atomic E-state index is 0.00752. The Labute approximate surface area is 199 Å². The summed E-state index contributed by atoms with van der Waals surface area (Å²) in [4.78, 5) is 26.6. The van der Waals surface area contributed by atoms with Gasteiger partial charge in [-0.2, -0.15) is 4.31 Å². The first-order valence-electron chi connectivity index (χ1n) is 11.1. The summed E-state index contributed by atoms with van der Waals surface area (Å²) in [5.74, 6) is -0.436. The third kappa shape index (κ3) is 4.65. The van der Waals surface area contributed by atoms with Gasteiger partial charge in [0.05, 0.1) is 4.90 Å². The lowest BCUT2D eigenvalue weighted by atomic mass is 9.97. The zero-order valence-electron chi connectivity index (χ0n) is 19.0. The van der Waals surface area contributed by atoms with Crippen LogP contribution in [0.15, 0.2) is 41.3 Å². The van der Waals surface area contributed by atoms with Gasteiger partial charge in [0, 0.05) is 48.4 Å². The predicted molar refractivity (Wildman–Crippen MR) is 129 cm³/mol. The number of fused-ring (bicyclic) bond motifs is 1. The summed E-state index contributed by atoms with van der Waals surface area (Å²) in [7, 11) is -3.68. The normalized spacial score (nSPS) is 19.4. The molecule has 0 radical (unpaired) electrons. The van der Waals surface area contributed by atoms with Crippen molar-refractivity contribution in [1.29, 1.82) is 0 Å². The molecule has 2 heterocycles. The van der Waals surface area contributed by atoms with Crippen LogP contribution in [0.5, 0.6) is 0 Å². The molecule has 1 saturated heterocycles. The molecule has 0 aliphatic carbocycles. The number of nitrogens with zero attached hydrogens (tertiary/aromatic N) is 2. The fourth-order valence-electron chi connectivity index (χ4n) is 4.67. The molecule has 2 aliphatic rings. The van der Waals surface area contributed by atoms with Crippen molar-refractivity contribution in [3.63, 3.8) is 0 Å². The average molecular weight is 490 g/mol. The smallest absolute Gasteiger partial charge is 0.243 e. The van der Waals surface area contributed by atoms with Crippen LogP contribution in [-0.2, 0) is 26.0 Å². The molecule has 0 spiro atoms. The van der Waals surface area contributed by atoms with Crippen LogP contribution in [0.1, 0.15) is 37.8 Å². The quantitative estimate of drug-likeness (QED) is 0.703. The summed E-state index contributed by atoms with van der Waals surface area (Å²) in [5, 5.41) is 3.47. The van der Waals surface area contributed by atoms with Crippen molar-refractivity contribution in [2.75, 3.05) is 23.3 Å². The van der Waals surface area contributed by atoms with Gasteiger partial charge in [-0.3, -0.25) is 9.59 Å². The largest absolute Gasteiger partial charge is 0.326 e. The number of piperidine rings is 1. The van der Waals surface area contributed by atoms with Gasteiger partial charge < -0.3 is 10.2 Å². The first kappa shape index (κ1) is 23.7. The second-order valence-corrected chi connectivity index (χ2v) is 11.2. The Balaban J connectivity index is 1.42. The zero-order chi connectivity index (χ0) is 23.9. The number of carbonyl (C=O) groups excluding carboxylic acids is 2. The third-order valence-electron chi connectivity index (χ3n) is 6.51. The number of amides is 2. The van der Waals surface area contributed by atoms with Crippen LogP contribution in [0, 0.1) is 12.8 Å². The lowest BCUT2D eigenvalue weighted by Crippen LogP contribution is -2.41. The SMILES string of the molecule is CC(=O)N1c2ccc(S(=O)(=O)N3CCC(C(=O)Nc4ccc(C)c(Cl)c4)CC3)cc2CC1C. The highest BCUT2D eigenvalue weighted by Gasteiger charge is 2.34. The fourth-order valence-corrected chi connectivity index (χ4v) is 6.37. The van der Waals surface area contributed by atoms with E-state index in [1.807, 2.05) is 19.9 Å². The maximum Gasteiger partial charge on any atom is 0.243 e. The molecule has 0 aromatic heterocycles. The van der Waals surface area contributed by atoms with E-state index in [4.69, 9.17) is 11.6 Å². The Morgan fingerprint density at radius 3 is 2.42 bits per heavy atom. The molecule has 1 atom stereocenters. The maximum atomic E-state index is 13.3. The summed E-state index contributed by atoms with van der Waals surface area (Å²) in [6, 6.07) is 10.4. The number of carbonyl (C=O) groups is 2. The number of aryl methyl sites for hydroxylation is 1. The van der Waals surface area contributed by atoms with Gasteiger partial charge in [-0.1, -0.05) is 17.7 Å². The van der Waals surface area contributed by atoms with E-state index in [-0.39, 0.29) is 41.8 Å². The molecular weight excluding hydrogens is 462 g/mol. The molecule has 0 bridgehead atoms. The molecule has 1 unspecified atom stereocenters. The van der Waals surface area contributed by atoms with Crippen molar-refractivity contribution in [3.05, 3.63) is 52.5 Å². The van der Waals surface area contributed by atoms with Gasteiger partial charge in [0.2, 0.25) is 21.8 Å². The lowest BCUT2D eigenvalue weighted by molar-refractivity contribution is -0.121. The molecule has 7 nitrogen and oxygen atoms in total. The zero-order valence-corrected chi connectivity index (χ0v) is 20.5. The van der Waals surface area contributed by atoms with Gasteiger partial charge in [-0.15, -0.1) is 0 Å². The van der Waals surface area contributed by atoms with Crippen LogP contribution in [0.25, 0.3) is 0 Å². The van der Waals surface area contributed by atoms with Crippen molar-refractivity contribution in [3.8, 4) is 0 Å². The van der Waals surface area contributed by atoms with E-state index < -0.39 is 10.0 Å². The monoisotopic (exact) mass is 489 g/mol. The number of hydrogen-bond donors (Lipinski definition) is 1. The Bertz CT molecular complexity index is 1210. The molecule has 2 amide bonds.